The van der Waals surface area contributed by atoms with E-state index in [1.54, 1.807) is 6.07 Å². The Morgan fingerprint density at radius 1 is 1.38 bits per heavy atom. The number of methoxy groups -OCH3 is 1. The van der Waals surface area contributed by atoms with Gasteiger partial charge in [0.1, 0.15) is 0 Å². The molecule has 0 atom stereocenters. The summed E-state index contributed by atoms with van der Waals surface area (Å²) in [5, 5.41) is 0. The highest BCUT2D eigenvalue weighted by Gasteiger charge is 2.17. The predicted octanol–water partition coefficient (Wildman–Crippen LogP) is 3.45. The second-order valence-electron chi connectivity index (χ2n) is 3.73. The topological polar surface area (TPSA) is 26.3 Å². The highest BCUT2D eigenvalue weighted by atomic mass is 19.1. The quantitative estimate of drug-likeness (QED) is 0.716. The van der Waals surface area contributed by atoms with Gasteiger partial charge in [-0.1, -0.05) is 13.8 Å². The monoisotopic (exact) mass is 224 g/mol. The van der Waals surface area contributed by atoms with Crippen molar-refractivity contribution in [3.63, 3.8) is 0 Å². The minimum absolute atomic E-state index is 0.00607. The SMILES string of the molecule is CCC(CC)C(=O)c1ccc(OC)c(F)c1. The molecule has 0 radical (unpaired) electrons. The Morgan fingerprint density at radius 2 is 2.00 bits per heavy atom. The fourth-order valence-corrected chi connectivity index (χ4v) is 1.71. The number of ketones is 1. The maximum absolute atomic E-state index is 13.4. The van der Waals surface area contributed by atoms with Crippen LogP contribution in [0.3, 0.4) is 0 Å². The van der Waals surface area contributed by atoms with Crippen molar-refractivity contribution in [2.24, 2.45) is 5.92 Å². The zero-order chi connectivity index (χ0) is 12.1. The van der Waals surface area contributed by atoms with Crippen LogP contribution in [-0.2, 0) is 0 Å². The highest BCUT2D eigenvalue weighted by Crippen LogP contribution is 2.21. The summed E-state index contributed by atoms with van der Waals surface area (Å²) in [7, 11) is 1.40. The summed E-state index contributed by atoms with van der Waals surface area (Å²) in [6.07, 6.45) is 1.56. The molecule has 0 aliphatic rings. The number of carbonyl (C=O) groups excluding carboxylic acids is 1. The Balaban J connectivity index is 2.96. The smallest absolute Gasteiger partial charge is 0.166 e. The van der Waals surface area contributed by atoms with E-state index < -0.39 is 5.82 Å². The van der Waals surface area contributed by atoms with E-state index in [0.717, 1.165) is 12.8 Å². The third kappa shape index (κ3) is 2.60. The first kappa shape index (κ1) is 12.7. The van der Waals surface area contributed by atoms with Gasteiger partial charge < -0.3 is 4.74 Å². The van der Waals surface area contributed by atoms with Crippen LogP contribution in [0.2, 0.25) is 0 Å². The number of hydrogen-bond acceptors (Lipinski definition) is 2. The molecule has 0 bridgehead atoms. The molecule has 2 nitrogen and oxygen atoms in total. The molecule has 0 fully saturated rings. The van der Waals surface area contributed by atoms with Crippen LogP contribution in [0.1, 0.15) is 37.0 Å². The maximum atomic E-state index is 13.4. The summed E-state index contributed by atoms with van der Waals surface area (Å²) in [5.41, 5.74) is 0.423. The van der Waals surface area contributed by atoms with Crippen molar-refractivity contribution in [2.75, 3.05) is 7.11 Å². The molecule has 3 heteroatoms. The summed E-state index contributed by atoms with van der Waals surface area (Å²) in [5.74, 6) is -0.334. The van der Waals surface area contributed by atoms with E-state index in [1.807, 2.05) is 13.8 Å². The van der Waals surface area contributed by atoms with Crippen LogP contribution in [-0.4, -0.2) is 12.9 Å². The molecule has 0 spiro atoms. The molecule has 0 saturated carbocycles. The average molecular weight is 224 g/mol. The lowest BCUT2D eigenvalue weighted by Crippen LogP contribution is -2.13. The van der Waals surface area contributed by atoms with E-state index in [0.29, 0.717) is 5.56 Å². The molecular formula is C13H17FO2. The first-order chi connectivity index (χ1) is 7.63. The molecule has 0 heterocycles. The van der Waals surface area contributed by atoms with E-state index in [2.05, 4.69) is 0 Å². The highest BCUT2D eigenvalue weighted by molar-refractivity contribution is 5.97. The zero-order valence-electron chi connectivity index (χ0n) is 9.92. The molecule has 1 rings (SSSR count). The van der Waals surface area contributed by atoms with Crippen LogP contribution < -0.4 is 4.74 Å². The van der Waals surface area contributed by atoms with Crippen molar-refractivity contribution in [1.82, 2.24) is 0 Å². The van der Waals surface area contributed by atoms with Crippen molar-refractivity contribution in [1.29, 1.82) is 0 Å². The number of halogens is 1. The third-order valence-electron chi connectivity index (χ3n) is 2.79. The Morgan fingerprint density at radius 3 is 2.44 bits per heavy atom. The van der Waals surface area contributed by atoms with E-state index in [-0.39, 0.29) is 17.5 Å². The molecule has 0 aliphatic carbocycles. The van der Waals surface area contributed by atoms with Crippen molar-refractivity contribution >= 4 is 5.78 Å². The normalized spacial score (nSPS) is 10.6. The van der Waals surface area contributed by atoms with Crippen molar-refractivity contribution in [3.05, 3.63) is 29.6 Å². The average Bonchev–Trinajstić information content (AvgIpc) is 2.30. The van der Waals surface area contributed by atoms with Crippen LogP contribution in [0, 0.1) is 11.7 Å². The van der Waals surface area contributed by atoms with Crippen LogP contribution in [0.4, 0.5) is 4.39 Å². The van der Waals surface area contributed by atoms with Crippen LogP contribution in [0.15, 0.2) is 18.2 Å². The number of ether oxygens (including phenoxy) is 1. The van der Waals surface area contributed by atoms with Crippen molar-refractivity contribution in [2.45, 2.75) is 26.7 Å². The summed E-state index contributed by atoms with van der Waals surface area (Å²) < 4.78 is 18.2. The summed E-state index contributed by atoms with van der Waals surface area (Å²) in [4.78, 5) is 12.0. The van der Waals surface area contributed by atoms with E-state index in [1.165, 1.54) is 19.2 Å². The molecule has 1 aromatic carbocycles. The second kappa shape index (κ2) is 5.64. The van der Waals surface area contributed by atoms with Gasteiger partial charge in [-0.15, -0.1) is 0 Å². The molecule has 1 aromatic rings. The lowest BCUT2D eigenvalue weighted by Gasteiger charge is -2.11. The number of hydrogen-bond donors (Lipinski definition) is 0. The third-order valence-corrected chi connectivity index (χ3v) is 2.79. The van der Waals surface area contributed by atoms with E-state index in [9.17, 15) is 9.18 Å². The lowest BCUT2D eigenvalue weighted by atomic mass is 9.93. The molecule has 0 aromatic heterocycles. The molecular weight excluding hydrogens is 207 g/mol. The van der Waals surface area contributed by atoms with Gasteiger partial charge in [0.15, 0.2) is 17.3 Å². The minimum atomic E-state index is -0.487. The molecule has 0 unspecified atom stereocenters. The van der Waals surface area contributed by atoms with Gasteiger partial charge in [-0.3, -0.25) is 4.79 Å². The fraction of sp³-hybridized carbons (Fsp3) is 0.462. The van der Waals surface area contributed by atoms with Gasteiger partial charge >= 0.3 is 0 Å². The van der Waals surface area contributed by atoms with Crippen LogP contribution in [0.25, 0.3) is 0 Å². The molecule has 0 amide bonds. The maximum Gasteiger partial charge on any atom is 0.166 e. The van der Waals surface area contributed by atoms with Crippen LogP contribution >= 0.6 is 0 Å². The van der Waals surface area contributed by atoms with Gasteiger partial charge in [0.2, 0.25) is 0 Å². The molecule has 88 valence electrons. The summed E-state index contributed by atoms with van der Waals surface area (Å²) in [6, 6.07) is 4.35. The van der Waals surface area contributed by atoms with Crippen LogP contribution in [0.5, 0.6) is 5.75 Å². The van der Waals surface area contributed by atoms with E-state index >= 15 is 0 Å². The van der Waals surface area contributed by atoms with Gasteiger partial charge in [0.25, 0.3) is 0 Å². The first-order valence-corrected chi connectivity index (χ1v) is 5.51. The minimum Gasteiger partial charge on any atom is -0.494 e. The standard InChI is InChI=1S/C13H17FO2/c1-4-9(5-2)13(15)10-6-7-12(16-3)11(14)8-10/h6-9H,4-5H2,1-3H3. The Hall–Kier alpha value is -1.38. The summed E-state index contributed by atoms with van der Waals surface area (Å²) >= 11 is 0. The number of Topliss-reactive ketones (excluding diaryl/α,β-unsaturated/α-hetero) is 1. The van der Waals surface area contributed by atoms with Gasteiger partial charge in [0, 0.05) is 11.5 Å². The Labute approximate surface area is 95.4 Å². The van der Waals surface area contributed by atoms with Crippen molar-refractivity contribution < 1.29 is 13.9 Å². The van der Waals surface area contributed by atoms with Gasteiger partial charge in [-0.25, -0.2) is 4.39 Å². The molecule has 16 heavy (non-hydrogen) atoms. The van der Waals surface area contributed by atoms with Gasteiger partial charge in [-0.2, -0.15) is 0 Å². The number of carbonyl (C=O) groups is 1. The fourth-order valence-electron chi connectivity index (χ4n) is 1.71. The lowest BCUT2D eigenvalue weighted by molar-refractivity contribution is 0.0913. The second-order valence-corrected chi connectivity index (χ2v) is 3.73. The largest absolute Gasteiger partial charge is 0.494 e. The molecule has 0 saturated heterocycles. The molecule has 0 N–H and O–H groups in total. The summed E-state index contributed by atoms with van der Waals surface area (Å²) in [6.45, 7) is 3.93. The van der Waals surface area contributed by atoms with Gasteiger partial charge in [0.05, 0.1) is 7.11 Å². The number of benzene rings is 1. The molecule has 0 aliphatic heterocycles. The first-order valence-electron chi connectivity index (χ1n) is 5.51. The van der Waals surface area contributed by atoms with Gasteiger partial charge in [-0.05, 0) is 31.0 Å². The predicted molar refractivity (Wildman–Crippen MR) is 61.4 cm³/mol. The Kier molecular flexibility index (Phi) is 4.47. The van der Waals surface area contributed by atoms with Crippen molar-refractivity contribution in [3.8, 4) is 5.75 Å². The Bertz CT molecular complexity index is 370. The number of rotatable bonds is 5. The van der Waals surface area contributed by atoms with E-state index in [4.69, 9.17) is 4.74 Å². The zero-order valence-corrected chi connectivity index (χ0v) is 9.92.